The maximum atomic E-state index is 12.3. The second kappa shape index (κ2) is 6.84. The molecule has 122 valence electrons. The van der Waals surface area contributed by atoms with Gasteiger partial charge >= 0.3 is 0 Å². The van der Waals surface area contributed by atoms with Crippen LogP contribution < -0.4 is 5.11 Å². The van der Waals surface area contributed by atoms with Crippen LogP contribution in [0.15, 0.2) is 29.2 Å². The van der Waals surface area contributed by atoms with Crippen molar-refractivity contribution >= 4 is 46.3 Å². The van der Waals surface area contributed by atoms with Gasteiger partial charge in [-0.25, -0.2) is 0 Å². The molecule has 4 nitrogen and oxygen atoms in total. The quantitative estimate of drug-likeness (QED) is 0.617. The molecule has 1 fully saturated rings. The lowest BCUT2D eigenvalue weighted by Crippen LogP contribution is -2.33. The fraction of sp³-hybridized carbons (Fsp3) is 0.353. The van der Waals surface area contributed by atoms with E-state index in [1.165, 1.54) is 22.2 Å². The average Bonchev–Trinajstić information content (AvgIpc) is 2.71. The first-order chi connectivity index (χ1) is 10.7. The molecule has 23 heavy (non-hydrogen) atoms. The SMILES string of the molecule is CC(C)(C)c1ccc(/C=C2\SC(=S)N(CCC(=O)[O-])C2=O)cc1. The Morgan fingerprint density at radius 1 is 1.30 bits per heavy atom. The molecular weight excluding hydrogens is 330 g/mol. The minimum atomic E-state index is -1.19. The smallest absolute Gasteiger partial charge is 0.266 e. The lowest BCUT2D eigenvalue weighted by molar-refractivity contribution is -0.305. The third-order valence-electron chi connectivity index (χ3n) is 3.49. The lowest BCUT2D eigenvalue weighted by atomic mass is 9.87. The fourth-order valence-corrected chi connectivity index (χ4v) is 3.44. The Morgan fingerprint density at radius 3 is 2.43 bits per heavy atom. The normalized spacial score (nSPS) is 17.2. The summed E-state index contributed by atoms with van der Waals surface area (Å²) >= 11 is 6.34. The van der Waals surface area contributed by atoms with Crippen LogP contribution in [0, 0.1) is 0 Å². The van der Waals surface area contributed by atoms with Crippen LogP contribution in [-0.2, 0) is 15.0 Å². The molecule has 1 aliphatic rings. The highest BCUT2D eigenvalue weighted by Gasteiger charge is 2.31. The molecule has 2 rings (SSSR count). The van der Waals surface area contributed by atoms with Crippen molar-refractivity contribution in [1.29, 1.82) is 0 Å². The number of hydrogen-bond acceptors (Lipinski definition) is 5. The zero-order chi connectivity index (χ0) is 17.2. The van der Waals surface area contributed by atoms with E-state index in [4.69, 9.17) is 12.2 Å². The number of benzene rings is 1. The number of carboxylic acids is 1. The van der Waals surface area contributed by atoms with Crippen LogP contribution in [-0.4, -0.2) is 27.6 Å². The topological polar surface area (TPSA) is 60.4 Å². The van der Waals surface area contributed by atoms with Crippen molar-refractivity contribution in [1.82, 2.24) is 4.90 Å². The predicted octanol–water partition coefficient (Wildman–Crippen LogP) is 2.33. The monoisotopic (exact) mass is 348 g/mol. The van der Waals surface area contributed by atoms with Crippen molar-refractivity contribution in [2.24, 2.45) is 0 Å². The number of carbonyl (C=O) groups is 2. The summed E-state index contributed by atoms with van der Waals surface area (Å²) < 4.78 is 0.383. The summed E-state index contributed by atoms with van der Waals surface area (Å²) in [6, 6.07) is 8.02. The standard InChI is InChI=1S/C17H19NO3S2/c1-17(2,3)12-6-4-11(5-7-12)10-13-15(21)18(16(22)23-13)9-8-14(19)20/h4-7,10H,8-9H2,1-3H3,(H,19,20)/p-1/b13-10-. The van der Waals surface area contributed by atoms with E-state index in [1.807, 2.05) is 24.3 Å². The summed E-state index contributed by atoms with van der Waals surface area (Å²) in [6.45, 7) is 6.48. The number of carboxylic acid groups (broad SMARTS) is 1. The van der Waals surface area contributed by atoms with Crippen molar-refractivity contribution in [2.75, 3.05) is 6.54 Å². The zero-order valence-electron chi connectivity index (χ0n) is 13.3. The molecule has 0 unspecified atom stereocenters. The summed E-state index contributed by atoms with van der Waals surface area (Å²) in [6.07, 6.45) is 1.56. The van der Waals surface area contributed by atoms with Crippen LogP contribution in [0.1, 0.15) is 38.3 Å². The molecule has 0 spiro atoms. The van der Waals surface area contributed by atoms with E-state index in [0.29, 0.717) is 9.23 Å². The van der Waals surface area contributed by atoms with Gasteiger partial charge in [-0.15, -0.1) is 0 Å². The zero-order valence-corrected chi connectivity index (χ0v) is 14.9. The molecule has 1 amide bonds. The molecular formula is C17H18NO3S2-. The average molecular weight is 348 g/mol. The van der Waals surface area contributed by atoms with E-state index in [9.17, 15) is 14.7 Å². The number of rotatable bonds is 4. The minimum Gasteiger partial charge on any atom is -0.550 e. The first kappa shape index (κ1) is 17.7. The van der Waals surface area contributed by atoms with Gasteiger partial charge in [0.25, 0.3) is 5.91 Å². The van der Waals surface area contributed by atoms with Crippen molar-refractivity contribution in [2.45, 2.75) is 32.6 Å². The van der Waals surface area contributed by atoms with Crippen molar-refractivity contribution in [3.63, 3.8) is 0 Å². The largest absolute Gasteiger partial charge is 0.550 e. The number of thioether (sulfide) groups is 1. The second-order valence-electron chi connectivity index (χ2n) is 6.33. The Labute approximate surface area is 145 Å². The van der Waals surface area contributed by atoms with E-state index in [0.717, 1.165) is 5.56 Å². The number of aliphatic carboxylic acids is 1. The van der Waals surface area contributed by atoms with Gasteiger partial charge in [-0.1, -0.05) is 69.0 Å². The van der Waals surface area contributed by atoms with E-state index in [-0.39, 0.29) is 24.3 Å². The van der Waals surface area contributed by atoms with Gasteiger partial charge < -0.3 is 9.90 Å². The Morgan fingerprint density at radius 2 is 1.91 bits per heavy atom. The minimum absolute atomic E-state index is 0.0489. The molecule has 0 saturated carbocycles. The van der Waals surface area contributed by atoms with Crippen molar-refractivity contribution in [3.05, 3.63) is 40.3 Å². The molecule has 0 N–H and O–H groups in total. The summed E-state index contributed by atoms with van der Waals surface area (Å²) in [7, 11) is 0. The summed E-state index contributed by atoms with van der Waals surface area (Å²) in [5.41, 5.74) is 2.21. The number of thiocarbonyl (C=S) groups is 1. The summed E-state index contributed by atoms with van der Waals surface area (Å²) in [4.78, 5) is 24.7. The van der Waals surface area contributed by atoms with Crippen LogP contribution in [0.2, 0.25) is 0 Å². The van der Waals surface area contributed by atoms with Crippen LogP contribution >= 0.6 is 24.0 Å². The molecule has 0 bridgehead atoms. The van der Waals surface area contributed by atoms with E-state index in [2.05, 4.69) is 20.8 Å². The van der Waals surface area contributed by atoms with Crippen molar-refractivity contribution in [3.8, 4) is 0 Å². The van der Waals surface area contributed by atoms with E-state index in [1.54, 1.807) is 6.08 Å². The molecule has 0 atom stereocenters. The molecule has 0 radical (unpaired) electrons. The van der Waals surface area contributed by atoms with Crippen LogP contribution in [0.5, 0.6) is 0 Å². The van der Waals surface area contributed by atoms with Crippen LogP contribution in [0.25, 0.3) is 6.08 Å². The van der Waals surface area contributed by atoms with Gasteiger partial charge in [0, 0.05) is 18.9 Å². The van der Waals surface area contributed by atoms with E-state index < -0.39 is 5.97 Å². The molecule has 1 heterocycles. The third kappa shape index (κ3) is 4.42. The first-order valence-electron chi connectivity index (χ1n) is 7.24. The molecule has 0 aliphatic carbocycles. The highest BCUT2D eigenvalue weighted by molar-refractivity contribution is 8.26. The third-order valence-corrected chi connectivity index (χ3v) is 4.87. The highest BCUT2D eigenvalue weighted by Crippen LogP contribution is 2.33. The number of hydrogen-bond donors (Lipinski definition) is 0. The van der Waals surface area contributed by atoms with Gasteiger partial charge in [0.15, 0.2) is 0 Å². The number of carbonyl (C=O) groups excluding carboxylic acids is 2. The maximum Gasteiger partial charge on any atom is 0.266 e. The number of amides is 1. The Kier molecular flexibility index (Phi) is 5.26. The molecule has 1 aromatic rings. The van der Waals surface area contributed by atoms with E-state index >= 15 is 0 Å². The molecule has 6 heteroatoms. The van der Waals surface area contributed by atoms with Gasteiger partial charge in [0.05, 0.1) is 4.91 Å². The maximum absolute atomic E-state index is 12.3. The Bertz CT molecular complexity index is 672. The van der Waals surface area contributed by atoms with Gasteiger partial charge in [-0.3, -0.25) is 9.69 Å². The van der Waals surface area contributed by atoms with Crippen LogP contribution in [0.3, 0.4) is 0 Å². The van der Waals surface area contributed by atoms with Gasteiger partial charge in [0.2, 0.25) is 0 Å². The van der Waals surface area contributed by atoms with Crippen molar-refractivity contribution < 1.29 is 14.7 Å². The van der Waals surface area contributed by atoms with Gasteiger partial charge in [0.1, 0.15) is 4.32 Å². The lowest BCUT2D eigenvalue weighted by Gasteiger charge is -2.18. The second-order valence-corrected chi connectivity index (χ2v) is 8.00. The fourth-order valence-electron chi connectivity index (χ4n) is 2.13. The predicted molar refractivity (Wildman–Crippen MR) is 94.6 cm³/mol. The number of nitrogens with zero attached hydrogens (tertiary/aromatic N) is 1. The molecule has 1 aromatic carbocycles. The van der Waals surface area contributed by atoms with Crippen LogP contribution in [0.4, 0.5) is 0 Å². The van der Waals surface area contributed by atoms with Gasteiger partial charge in [-0.05, 0) is 22.6 Å². The molecule has 1 aliphatic heterocycles. The Hall–Kier alpha value is -1.66. The highest BCUT2D eigenvalue weighted by atomic mass is 32.2. The summed E-state index contributed by atoms with van der Waals surface area (Å²) in [5.74, 6) is -1.44. The molecule has 1 saturated heterocycles. The van der Waals surface area contributed by atoms with Gasteiger partial charge in [-0.2, -0.15) is 0 Å². The first-order valence-corrected chi connectivity index (χ1v) is 8.47. The Balaban J connectivity index is 2.15. The molecule has 0 aromatic heterocycles. The summed E-state index contributed by atoms with van der Waals surface area (Å²) in [5, 5.41) is 10.5.